The molecule has 0 saturated carbocycles. The van der Waals surface area contributed by atoms with Gasteiger partial charge < -0.3 is 34.0 Å². The highest BCUT2D eigenvalue weighted by molar-refractivity contribution is 5.87. The van der Waals surface area contributed by atoms with E-state index < -0.39 is 12.1 Å². The summed E-state index contributed by atoms with van der Waals surface area (Å²) < 4.78 is 16.4. The molecule has 0 radical (unpaired) electrons. The van der Waals surface area contributed by atoms with Gasteiger partial charge in [-0.1, -0.05) is 77.9 Å². The highest BCUT2D eigenvalue weighted by atomic mass is 16.5. The highest BCUT2D eigenvalue weighted by Gasteiger charge is 2.41. The predicted molar refractivity (Wildman–Crippen MR) is 219 cm³/mol. The Labute approximate surface area is 333 Å². The van der Waals surface area contributed by atoms with Crippen molar-refractivity contribution in [3.05, 3.63) is 72.4 Å². The number of ether oxygens (including phenoxy) is 2. The fourth-order valence-corrected chi connectivity index (χ4v) is 8.40. The van der Waals surface area contributed by atoms with Crippen molar-refractivity contribution in [2.75, 3.05) is 34.0 Å². The molecular weight excluding hydrogens is 723 g/mol. The number of benzene rings is 3. The van der Waals surface area contributed by atoms with Crippen molar-refractivity contribution in [1.29, 1.82) is 0 Å². The Bertz CT molecular complexity index is 2230. The summed E-state index contributed by atoms with van der Waals surface area (Å²) in [5.74, 6) is 1.80. The molecule has 3 aromatic carbocycles. The van der Waals surface area contributed by atoms with Gasteiger partial charge in [0.2, 0.25) is 17.7 Å². The number of rotatable bonds is 12. The van der Waals surface area contributed by atoms with E-state index in [0.717, 1.165) is 57.5 Å². The maximum Gasteiger partial charge on any atom is 0.407 e. The number of amides is 3. The minimum absolute atomic E-state index is 0.0415. The van der Waals surface area contributed by atoms with Gasteiger partial charge in [-0.05, 0) is 83.0 Å². The van der Waals surface area contributed by atoms with Crippen molar-refractivity contribution in [1.82, 2.24) is 35.4 Å². The predicted octanol–water partition coefficient (Wildman–Crippen LogP) is 7.46. The Kier molecular flexibility index (Phi) is 11.7. The Morgan fingerprint density at radius 2 is 1.33 bits per heavy atom. The van der Waals surface area contributed by atoms with Crippen molar-refractivity contribution in [2.45, 2.75) is 78.6 Å². The first kappa shape index (κ1) is 39.9. The van der Waals surface area contributed by atoms with Gasteiger partial charge in [-0.25, -0.2) is 14.8 Å². The molecule has 3 amide bonds. The number of likely N-dealkylation sites (tertiary alicyclic amines) is 2. The Balaban J connectivity index is 1.08. The summed E-state index contributed by atoms with van der Waals surface area (Å²) in [6.07, 6.45) is 0.942. The van der Waals surface area contributed by atoms with Crippen LogP contribution in [-0.2, 0) is 19.1 Å². The van der Waals surface area contributed by atoms with Crippen LogP contribution in [0.15, 0.2) is 65.1 Å². The number of carbonyl (C=O) groups is 3. The lowest BCUT2D eigenvalue weighted by atomic mass is 10.00. The van der Waals surface area contributed by atoms with Crippen LogP contribution in [0.3, 0.4) is 0 Å². The number of fused-ring (bicyclic) bond motifs is 2. The summed E-state index contributed by atoms with van der Waals surface area (Å²) in [6, 6.07) is 19.1. The number of aromatic amines is 1. The number of nitrogens with one attached hydrogen (secondary N) is 3. The standard InChI is InChI=1S/C44H55N7O6/c1-24(2)38(45-23-55-7)42(52)51-22-27(6)18-36(51)41-48-33-16-14-31(20-37(33)57-41)29-11-9-28(10-12-29)30-13-15-32-34(19-30)47-40(46-32)35-17-26(5)21-50(35)43(53)39(25(3)4)49-44(54)56-8/h9-16,19-20,24-27,35-36,38-39,45H,17-18,21-23H2,1-8H3,(H,46,47)(H,49,54). The third-order valence-electron chi connectivity index (χ3n) is 11.4. The maximum absolute atomic E-state index is 13.8. The van der Waals surface area contributed by atoms with Crippen molar-refractivity contribution < 1.29 is 28.3 Å². The highest BCUT2D eigenvalue weighted by Crippen LogP contribution is 2.39. The number of methoxy groups -OCH3 is 2. The molecule has 5 aromatic rings. The van der Waals surface area contributed by atoms with Crippen LogP contribution in [0.5, 0.6) is 0 Å². The Morgan fingerprint density at radius 1 is 0.772 bits per heavy atom. The molecule has 13 nitrogen and oxygen atoms in total. The van der Waals surface area contributed by atoms with Crippen LogP contribution < -0.4 is 10.6 Å². The van der Waals surface area contributed by atoms with Crippen LogP contribution in [-0.4, -0.2) is 88.8 Å². The van der Waals surface area contributed by atoms with Crippen LogP contribution >= 0.6 is 0 Å². The molecule has 57 heavy (non-hydrogen) atoms. The summed E-state index contributed by atoms with van der Waals surface area (Å²) in [4.78, 5) is 56.6. The zero-order valence-corrected chi connectivity index (χ0v) is 34.2. The maximum atomic E-state index is 13.8. The van der Waals surface area contributed by atoms with E-state index in [4.69, 9.17) is 23.9 Å². The molecule has 2 aliphatic heterocycles. The van der Waals surface area contributed by atoms with Crippen LogP contribution in [0.25, 0.3) is 44.4 Å². The van der Waals surface area contributed by atoms with Gasteiger partial charge in [0.1, 0.15) is 23.4 Å². The summed E-state index contributed by atoms with van der Waals surface area (Å²) in [5, 5.41) is 5.97. The first-order valence-corrected chi connectivity index (χ1v) is 20.0. The second-order valence-electron chi connectivity index (χ2n) is 16.6. The number of imidazole rings is 1. The number of H-pyrrole nitrogens is 1. The fourth-order valence-electron chi connectivity index (χ4n) is 8.40. The molecule has 2 aliphatic rings. The molecule has 7 rings (SSSR count). The van der Waals surface area contributed by atoms with E-state index in [1.807, 2.05) is 55.7 Å². The molecule has 0 spiro atoms. The number of aromatic nitrogens is 3. The van der Waals surface area contributed by atoms with Crippen molar-refractivity contribution in [2.24, 2.45) is 23.7 Å². The minimum Gasteiger partial charge on any atom is -0.453 e. The Hall–Kier alpha value is -5.27. The molecule has 13 heteroatoms. The molecule has 3 N–H and O–H groups in total. The lowest BCUT2D eigenvalue weighted by Crippen LogP contribution is -2.51. The largest absolute Gasteiger partial charge is 0.453 e. The van der Waals surface area contributed by atoms with Gasteiger partial charge in [0.15, 0.2) is 5.58 Å². The average molecular weight is 778 g/mol. The fraction of sp³-hybridized carbons (Fsp3) is 0.477. The quantitative estimate of drug-likeness (QED) is 0.110. The average Bonchev–Trinajstić information content (AvgIpc) is 4.00. The first-order chi connectivity index (χ1) is 27.3. The van der Waals surface area contributed by atoms with Gasteiger partial charge in [-0.3, -0.25) is 14.9 Å². The van der Waals surface area contributed by atoms with Crippen molar-refractivity contribution >= 4 is 40.0 Å². The molecule has 6 unspecified atom stereocenters. The van der Waals surface area contributed by atoms with E-state index in [-0.39, 0.29) is 47.7 Å². The molecule has 2 saturated heterocycles. The van der Waals surface area contributed by atoms with E-state index in [1.54, 1.807) is 7.11 Å². The molecule has 0 aliphatic carbocycles. The number of hydrogen-bond acceptors (Lipinski definition) is 9. The first-order valence-electron chi connectivity index (χ1n) is 20.0. The SMILES string of the molecule is COCNC(C(=O)N1CC(C)CC1c1nc2ccc(-c3ccc(-c4ccc5nc(C6CC(C)CN6C(=O)C(NC(=O)OC)C(C)C)[nH]c5c4)cc3)cc2o1)C(C)C. The Morgan fingerprint density at radius 3 is 1.95 bits per heavy atom. The second kappa shape index (κ2) is 16.7. The van der Waals surface area contributed by atoms with E-state index in [9.17, 15) is 14.4 Å². The molecule has 6 atom stereocenters. The molecular formula is C44H55N7O6. The topological polar surface area (TPSA) is 155 Å². The molecule has 2 fully saturated rings. The lowest BCUT2D eigenvalue weighted by Gasteiger charge is -2.30. The molecule has 4 heterocycles. The molecule has 302 valence electrons. The third kappa shape index (κ3) is 8.26. The van der Waals surface area contributed by atoms with Crippen LogP contribution in [0, 0.1) is 23.7 Å². The van der Waals surface area contributed by atoms with E-state index in [2.05, 4.69) is 71.9 Å². The monoisotopic (exact) mass is 777 g/mol. The van der Waals surface area contributed by atoms with Crippen LogP contribution in [0.1, 0.15) is 78.2 Å². The van der Waals surface area contributed by atoms with Crippen LogP contribution in [0.4, 0.5) is 4.79 Å². The number of alkyl carbamates (subject to hydrolysis) is 1. The van der Waals surface area contributed by atoms with Crippen molar-refractivity contribution in [3.8, 4) is 22.3 Å². The zero-order valence-electron chi connectivity index (χ0n) is 34.2. The van der Waals surface area contributed by atoms with E-state index in [1.165, 1.54) is 7.11 Å². The molecule has 0 bridgehead atoms. The summed E-state index contributed by atoms with van der Waals surface area (Å²) in [6.45, 7) is 13.7. The number of carbonyl (C=O) groups excluding carboxylic acids is 3. The van der Waals surface area contributed by atoms with Gasteiger partial charge in [0, 0.05) is 20.2 Å². The van der Waals surface area contributed by atoms with Gasteiger partial charge in [0.25, 0.3) is 0 Å². The smallest absolute Gasteiger partial charge is 0.407 e. The summed E-state index contributed by atoms with van der Waals surface area (Å²) in [5.41, 5.74) is 7.31. The zero-order chi connectivity index (χ0) is 40.5. The summed E-state index contributed by atoms with van der Waals surface area (Å²) in [7, 11) is 2.91. The third-order valence-corrected chi connectivity index (χ3v) is 11.4. The normalized spacial score (nSPS) is 20.9. The second-order valence-corrected chi connectivity index (χ2v) is 16.6. The van der Waals surface area contributed by atoms with Crippen molar-refractivity contribution in [3.63, 3.8) is 0 Å². The number of hydrogen-bond donors (Lipinski definition) is 3. The van der Waals surface area contributed by atoms with Gasteiger partial charge >= 0.3 is 6.09 Å². The number of oxazole rings is 1. The summed E-state index contributed by atoms with van der Waals surface area (Å²) >= 11 is 0. The van der Waals surface area contributed by atoms with E-state index in [0.29, 0.717) is 37.2 Å². The van der Waals surface area contributed by atoms with Gasteiger partial charge in [-0.2, -0.15) is 0 Å². The lowest BCUT2D eigenvalue weighted by molar-refractivity contribution is -0.137. The van der Waals surface area contributed by atoms with Gasteiger partial charge in [0.05, 0.1) is 37.0 Å². The molecule has 2 aromatic heterocycles. The van der Waals surface area contributed by atoms with Gasteiger partial charge in [-0.15, -0.1) is 0 Å². The minimum atomic E-state index is -0.699. The van der Waals surface area contributed by atoms with E-state index >= 15 is 0 Å². The number of nitrogens with zero attached hydrogens (tertiary/aromatic N) is 4. The van der Waals surface area contributed by atoms with Crippen LogP contribution in [0.2, 0.25) is 0 Å².